The molecule has 2 aromatic rings. The Morgan fingerprint density at radius 2 is 1.72 bits per heavy atom. The van der Waals surface area contributed by atoms with Gasteiger partial charge in [-0.25, -0.2) is 9.37 Å². The van der Waals surface area contributed by atoms with E-state index < -0.39 is 0 Å². The van der Waals surface area contributed by atoms with Gasteiger partial charge in [-0.3, -0.25) is 0 Å². The highest BCUT2D eigenvalue weighted by molar-refractivity contribution is 5.59. The summed E-state index contributed by atoms with van der Waals surface area (Å²) in [6.07, 6.45) is 7.83. The molecule has 3 heterocycles. The molecular formula is C19H24FN5. The van der Waals surface area contributed by atoms with Gasteiger partial charge in [-0.15, -0.1) is 5.10 Å². The molecule has 0 aliphatic carbocycles. The van der Waals surface area contributed by atoms with Crippen LogP contribution in [0.1, 0.15) is 32.1 Å². The summed E-state index contributed by atoms with van der Waals surface area (Å²) in [5.74, 6) is 0.329. The lowest BCUT2D eigenvalue weighted by atomic mass is 10.0. The molecule has 0 N–H and O–H groups in total. The highest BCUT2D eigenvalue weighted by Crippen LogP contribution is 2.25. The predicted molar refractivity (Wildman–Crippen MR) is 95.9 cm³/mol. The van der Waals surface area contributed by atoms with Crippen molar-refractivity contribution in [2.45, 2.75) is 38.1 Å². The Bertz CT molecular complexity index is 708. The van der Waals surface area contributed by atoms with Crippen LogP contribution in [0.15, 0.2) is 30.5 Å². The van der Waals surface area contributed by atoms with Crippen molar-refractivity contribution in [1.82, 2.24) is 20.1 Å². The van der Waals surface area contributed by atoms with Crippen molar-refractivity contribution in [3.63, 3.8) is 0 Å². The maximum absolute atomic E-state index is 14.0. The second kappa shape index (κ2) is 7.44. The van der Waals surface area contributed by atoms with Gasteiger partial charge < -0.3 is 9.80 Å². The van der Waals surface area contributed by atoms with Gasteiger partial charge in [0.05, 0.1) is 11.9 Å². The molecule has 2 aliphatic heterocycles. The molecule has 2 fully saturated rings. The summed E-state index contributed by atoms with van der Waals surface area (Å²) in [5.41, 5.74) is 1.02. The molecule has 0 amide bonds. The zero-order valence-corrected chi connectivity index (χ0v) is 14.4. The van der Waals surface area contributed by atoms with Crippen molar-refractivity contribution >= 4 is 5.95 Å². The summed E-state index contributed by atoms with van der Waals surface area (Å²) in [4.78, 5) is 9.39. The summed E-state index contributed by atoms with van der Waals surface area (Å²) < 4.78 is 14.0. The third-order valence-electron chi connectivity index (χ3n) is 5.35. The molecule has 0 bridgehead atoms. The number of nitrogens with zero attached hydrogens (tertiary/aromatic N) is 5. The van der Waals surface area contributed by atoms with Crippen LogP contribution < -0.4 is 4.90 Å². The van der Waals surface area contributed by atoms with Crippen molar-refractivity contribution in [1.29, 1.82) is 0 Å². The van der Waals surface area contributed by atoms with E-state index in [4.69, 9.17) is 0 Å². The Hall–Kier alpha value is -2.08. The number of hydrogen-bond acceptors (Lipinski definition) is 5. The van der Waals surface area contributed by atoms with Crippen LogP contribution in [-0.2, 0) is 0 Å². The fourth-order valence-corrected chi connectivity index (χ4v) is 3.94. The van der Waals surface area contributed by atoms with E-state index in [0.717, 1.165) is 25.9 Å². The minimum atomic E-state index is -0.280. The van der Waals surface area contributed by atoms with Crippen molar-refractivity contribution in [3.05, 3.63) is 36.3 Å². The van der Waals surface area contributed by atoms with Gasteiger partial charge in [-0.05, 0) is 50.9 Å². The molecule has 0 unspecified atom stereocenters. The molecular weight excluding hydrogens is 317 g/mol. The molecule has 5 nitrogen and oxygen atoms in total. The Labute approximate surface area is 147 Å². The van der Waals surface area contributed by atoms with E-state index in [-0.39, 0.29) is 5.82 Å². The largest absolute Gasteiger partial charge is 0.339 e. The van der Waals surface area contributed by atoms with E-state index >= 15 is 0 Å². The molecule has 6 heteroatoms. The minimum absolute atomic E-state index is 0.280. The minimum Gasteiger partial charge on any atom is -0.339 e. The van der Waals surface area contributed by atoms with Crippen LogP contribution in [0.5, 0.6) is 0 Å². The number of likely N-dealkylation sites (tertiary alicyclic amines) is 1. The third kappa shape index (κ3) is 3.63. The standard InChI is InChI=1S/C19H24FN5/c20-17-7-3-2-6-16(17)18-14-21-23-19(22-18)25-12-8-15(9-13-25)24-10-4-1-5-11-24/h2-3,6-7,14-15H,1,4-5,8-13H2. The maximum atomic E-state index is 14.0. The number of rotatable bonds is 3. The van der Waals surface area contributed by atoms with Crippen LogP contribution in [-0.4, -0.2) is 52.3 Å². The fraction of sp³-hybridized carbons (Fsp3) is 0.526. The molecule has 2 aliphatic rings. The van der Waals surface area contributed by atoms with Crippen molar-refractivity contribution in [2.24, 2.45) is 0 Å². The van der Waals surface area contributed by atoms with Gasteiger partial charge in [0.25, 0.3) is 0 Å². The summed E-state index contributed by atoms with van der Waals surface area (Å²) in [5, 5.41) is 8.24. The van der Waals surface area contributed by atoms with Gasteiger partial charge in [0.1, 0.15) is 5.82 Å². The van der Waals surface area contributed by atoms with E-state index in [1.54, 1.807) is 12.1 Å². The molecule has 0 atom stereocenters. The second-order valence-corrected chi connectivity index (χ2v) is 6.94. The van der Waals surface area contributed by atoms with Crippen LogP contribution in [0, 0.1) is 5.82 Å². The Balaban J connectivity index is 1.45. The number of aromatic nitrogens is 3. The lowest BCUT2D eigenvalue weighted by Gasteiger charge is -2.40. The van der Waals surface area contributed by atoms with Gasteiger partial charge in [-0.2, -0.15) is 5.10 Å². The molecule has 132 valence electrons. The fourth-order valence-electron chi connectivity index (χ4n) is 3.94. The second-order valence-electron chi connectivity index (χ2n) is 6.94. The normalized spacial score (nSPS) is 20.0. The number of hydrogen-bond donors (Lipinski definition) is 0. The zero-order chi connectivity index (χ0) is 17.1. The number of anilines is 1. The molecule has 1 aromatic heterocycles. The number of halogens is 1. The molecule has 2 saturated heterocycles. The smallest absolute Gasteiger partial charge is 0.245 e. The Morgan fingerprint density at radius 1 is 0.960 bits per heavy atom. The van der Waals surface area contributed by atoms with E-state index in [0.29, 0.717) is 23.2 Å². The van der Waals surface area contributed by atoms with Crippen LogP contribution >= 0.6 is 0 Å². The first-order valence-corrected chi connectivity index (χ1v) is 9.25. The van der Waals surface area contributed by atoms with Crippen LogP contribution in [0.3, 0.4) is 0 Å². The third-order valence-corrected chi connectivity index (χ3v) is 5.35. The van der Waals surface area contributed by atoms with Crippen LogP contribution in [0.2, 0.25) is 0 Å². The molecule has 1 aromatic carbocycles. The Morgan fingerprint density at radius 3 is 2.48 bits per heavy atom. The summed E-state index contributed by atoms with van der Waals surface area (Å²) in [6.45, 7) is 4.35. The van der Waals surface area contributed by atoms with Crippen LogP contribution in [0.25, 0.3) is 11.3 Å². The molecule has 0 saturated carbocycles. The molecule has 25 heavy (non-hydrogen) atoms. The molecule has 4 rings (SSSR count). The predicted octanol–water partition coefficient (Wildman–Crippen LogP) is 3.13. The highest BCUT2D eigenvalue weighted by atomic mass is 19.1. The average molecular weight is 341 g/mol. The van der Waals surface area contributed by atoms with Gasteiger partial charge in [-0.1, -0.05) is 18.6 Å². The number of benzene rings is 1. The van der Waals surface area contributed by atoms with Gasteiger partial charge in [0.2, 0.25) is 5.95 Å². The van der Waals surface area contributed by atoms with E-state index in [1.807, 2.05) is 6.07 Å². The van der Waals surface area contributed by atoms with Gasteiger partial charge >= 0.3 is 0 Å². The zero-order valence-electron chi connectivity index (χ0n) is 14.4. The number of piperidine rings is 2. The van der Waals surface area contributed by atoms with Crippen molar-refractivity contribution in [3.8, 4) is 11.3 Å². The first-order valence-electron chi connectivity index (χ1n) is 9.25. The van der Waals surface area contributed by atoms with E-state index in [2.05, 4.69) is 25.0 Å². The lowest BCUT2D eigenvalue weighted by molar-refractivity contribution is 0.141. The molecule has 0 spiro atoms. The van der Waals surface area contributed by atoms with Crippen molar-refractivity contribution < 1.29 is 4.39 Å². The average Bonchev–Trinajstić information content (AvgIpc) is 2.69. The van der Waals surface area contributed by atoms with Gasteiger partial charge in [0.15, 0.2) is 0 Å². The summed E-state index contributed by atoms with van der Waals surface area (Å²) >= 11 is 0. The lowest BCUT2D eigenvalue weighted by Crippen LogP contribution is -2.47. The monoisotopic (exact) mass is 341 g/mol. The topological polar surface area (TPSA) is 45.2 Å². The first kappa shape index (κ1) is 16.4. The van der Waals surface area contributed by atoms with Gasteiger partial charge in [0, 0.05) is 24.7 Å². The maximum Gasteiger partial charge on any atom is 0.245 e. The highest BCUT2D eigenvalue weighted by Gasteiger charge is 2.26. The Kier molecular flexibility index (Phi) is 4.88. The quantitative estimate of drug-likeness (QED) is 0.858. The van der Waals surface area contributed by atoms with E-state index in [9.17, 15) is 4.39 Å². The SMILES string of the molecule is Fc1ccccc1-c1cnnc(N2CCC(N3CCCCC3)CC2)n1. The summed E-state index contributed by atoms with van der Waals surface area (Å²) in [7, 11) is 0. The van der Waals surface area contributed by atoms with Crippen LogP contribution in [0.4, 0.5) is 10.3 Å². The van der Waals surface area contributed by atoms with E-state index in [1.165, 1.54) is 44.6 Å². The van der Waals surface area contributed by atoms with Crippen molar-refractivity contribution in [2.75, 3.05) is 31.1 Å². The first-order chi connectivity index (χ1) is 12.3. The molecule has 0 radical (unpaired) electrons. The summed E-state index contributed by atoms with van der Waals surface area (Å²) in [6, 6.07) is 7.34.